The molecule has 1 N–H and O–H groups in total. The van der Waals surface area contributed by atoms with E-state index >= 15 is 0 Å². The van der Waals surface area contributed by atoms with E-state index in [1.54, 1.807) is 54.6 Å². The molecule has 134 valence electrons. The van der Waals surface area contributed by atoms with Crippen LogP contribution in [0.5, 0.6) is 0 Å². The number of ketones is 1. The molecule has 0 heterocycles. The third kappa shape index (κ3) is 5.86. The maximum Gasteiger partial charge on any atom is 0.331 e. The molecule has 0 radical (unpaired) electrons. The largest absolute Gasteiger partial charge is 0.449 e. The Kier molecular flexibility index (Phi) is 6.69. The highest BCUT2D eigenvalue weighted by Gasteiger charge is 2.16. The number of benzene rings is 2. The summed E-state index contributed by atoms with van der Waals surface area (Å²) in [5.41, 5.74) is 1.85. The lowest BCUT2D eigenvalue weighted by molar-refractivity contribution is -0.148. The van der Waals surface area contributed by atoms with Gasteiger partial charge < -0.3 is 10.1 Å². The van der Waals surface area contributed by atoms with Crippen LogP contribution in [-0.2, 0) is 14.3 Å². The van der Waals surface area contributed by atoms with E-state index in [4.69, 9.17) is 16.3 Å². The smallest absolute Gasteiger partial charge is 0.331 e. The summed E-state index contributed by atoms with van der Waals surface area (Å²) in [5, 5.41) is 3.23. The summed E-state index contributed by atoms with van der Waals surface area (Å²) >= 11 is 5.79. The van der Waals surface area contributed by atoms with Gasteiger partial charge in [-0.3, -0.25) is 9.59 Å². The average molecular weight is 372 g/mol. The number of nitrogens with one attached hydrogen (secondary N) is 1. The summed E-state index contributed by atoms with van der Waals surface area (Å²) in [6.07, 6.45) is 1.85. The second-order valence-electron chi connectivity index (χ2n) is 5.59. The zero-order valence-electron chi connectivity index (χ0n) is 14.4. The van der Waals surface area contributed by atoms with E-state index in [0.717, 1.165) is 5.56 Å². The Labute approximate surface area is 156 Å². The van der Waals surface area contributed by atoms with Crippen molar-refractivity contribution in [2.45, 2.75) is 20.0 Å². The van der Waals surface area contributed by atoms with Gasteiger partial charge in [0.15, 0.2) is 11.9 Å². The predicted molar refractivity (Wildman–Crippen MR) is 101 cm³/mol. The second-order valence-corrected chi connectivity index (χ2v) is 6.02. The van der Waals surface area contributed by atoms with Gasteiger partial charge in [0, 0.05) is 22.3 Å². The first-order chi connectivity index (χ1) is 12.3. The Balaban J connectivity index is 1.88. The molecule has 0 bridgehead atoms. The third-order valence-corrected chi connectivity index (χ3v) is 3.75. The molecule has 6 heteroatoms. The summed E-state index contributed by atoms with van der Waals surface area (Å²) in [6.45, 7) is 2.94. The van der Waals surface area contributed by atoms with Crippen LogP contribution in [0.4, 0.5) is 5.69 Å². The van der Waals surface area contributed by atoms with Crippen molar-refractivity contribution in [2.75, 3.05) is 5.32 Å². The number of Topliss-reactive ketones (excluding diaryl/α,β-unsaturated/α-hetero) is 1. The maximum atomic E-state index is 12.1. The van der Waals surface area contributed by atoms with Crippen molar-refractivity contribution in [2.24, 2.45) is 0 Å². The van der Waals surface area contributed by atoms with Gasteiger partial charge in [0.25, 0.3) is 5.91 Å². The van der Waals surface area contributed by atoms with Gasteiger partial charge in [0.05, 0.1) is 0 Å². The van der Waals surface area contributed by atoms with Gasteiger partial charge in [0.2, 0.25) is 0 Å². The highest BCUT2D eigenvalue weighted by atomic mass is 35.5. The molecule has 0 saturated carbocycles. The fourth-order valence-electron chi connectivity index (χ4n) is 2.04. The first-order valence-electron chi connectivity index (χ1n) is 7.91. The molecule has 0 fully saturated rings. The number of halogens is 1. The quantitative estimate of drug-likeness (QED) is 0.471. The van der Waals surface area contributed by atoms with Crippen molar-refractivity contribution in [3.63, 3.8) is 0 Å². The van der Waals surface area contributed by atoms with Crippen LogP contribution in [0.15, 0.2) is 54.6 Å². The Morgan fingerprint density at radius 3 is 2.23 bits per heavy atom. The standard InChI is InChI=1S/C20H18ClNO4/c1-13(23)16-6-10-18(11-7-16)22-20(25)14(2)26-19(24)12-5-15-3-8-17(21)9-4-15/h3-12,14H,1-2H3,(H,22,25)/b12-5+/t14-/m0/s1. The molecular weight excluding hydrogens is 354 g/mol. The van der Waals surface area contributed by atoms with E-state index in [-0.39, 0.29) is 5.78 Å². The fourth-order valence-corrected chi connectivity index (χ4v) is 2.16. The number of carbonyl (C=O) groups excluding carboxylic acids is 3. The molecule has 2 aromatic rings. The molecule has 2 aromatic carbocycles. The molecular formula is C20H18ClNO4. The zero-order chi connectivity index (χ0) is 19.1. The van der Waals surface area contributed by atoms with Gasteiger partial charge in [-0.15, -0.1) is 0 Å². The van der Waals surface area contributed by atoms with E-state index < -0.39 is 18.0 Å². The molecule has 26 heavy (non-hydrogen) atoms. The molecule has 0 unspecified atom stereocenters. The Morgan fingerprint density at radius 2 is 1.65 bits per heavy atom. The number of carbonyl (C=O) groups is 3. The van der Waals surface area contributed by atoms with Crippen molar-refractivity contribution in [3.8, 4) is 0 Å². The molecule has 0 saturated heterocycles. The topological polar surface area (TPSA) is 72.5 Å². The monoisotopic (exact) mass is 371 g/mol. The summed E-state index contributed by atoms with van der Waals surface area (Å²) in [4.78, 5) is 35.1. The average Bonchev–Trinajstić information content (AvgIpc) is 2.61. The van der Waals surface area contributed by atoms with Crippen LogP contribution in [0.2, 0.25) is 5.02 Å². The minimum Gasteiger partial charge on any atom is -0.449 e. The van der Waals surface area contributed by atoms with E-state index in [0.29, 0.717) is 16.3 Å². The highest BCUT2D eigenvalue weighted by molar-refractivity contribution is 6.30. The molecule has 1 amide bonds. The number of hydrogen-bond acceptors (Lipinski definition) is 4. The zero-order valence-corrected chi connectivity index (χ0v) is 15.1. The lowest BCUT2D eigenvalue weighted by Crippen LogP contribution is -2.29. The van der Waals surface area contributed by atoms with Crippen molar-refractivity contribution in [3.05, 3.63) is 70.8 Å². The molecule has 5 nitrogen and oxygen atoms in total. The van der Waals surface area contributed by atoms with Crippen LogP contribution in [0, 0.1) is 0 Å². The highest BCUT2D eigenvalue weighted by Crippen LogP contribution is 2.12. The summed E-state index contributed by atoms with van der Waals surface area (Å²) in [5.74, 6) is -1.15. The van der Waals surface area contributed by atoms with Crippen molar-refractivity contribution < 1.29 is 19.1 Å². The first kappa shape index (κ1) is 19.4. The van der Waals surface area contributed by atoms with Crippen LogP contribution in [-0.4, -0.2) is 23.8 Å². The van der Waals surface area contributed by atoms with Gasteiger partial charge in [-0.1, -0.05) is 23.7 Å². The Hall–Kier alpha value is -2.92. The van der Waals surface area contributed by atoms with E-state index in [2.05, 4.69) is 5.32 Å². The van der Waals surface area contributed by atoms with Gasteiger partial charge >= 0.3 is 5.97 Å². The molecule has 0 spiro atoms. The number of amides is 1. The van der Waals surface area contributed by atoms with Gasteiger partial charge in [-0.2, -0.15) is 0 Å². The molecule has 2 rings (SSSR count). The number of rotatable bonds is 6. The number of anilines is 1. The molecule has 0 aliphatic heterocycles. The first-order valence-corrected chi connectivity index (χ1v) is 8.29. The van der Waals surface area contributed by atoms with Crippen LogP contribution in [0.3, 0.4) is 0 Å². The minimum absolute atomic E-state index is 0.0577. The predicted octanol–water partition coefficient (Wildman–Crippen LogP) is 4.13. The van der Waals surface area contributed by atoms with Crippen molar-refractivity contribution in [1.29, 1.82) is 0 Å². The van der Waals surface area contributed by atoms with Crippen LogP contribution >= 0.6 is 11.6 Å². The normalized spacial score (nSPS) is 11.8. The van der Waals surface area contributed by atoms with Crippen LogP contribution < -0.4 is 5.32 Å². The van der Waals surface area contributed by atoms with Crippen LogP contribution in [0.25, 0.3) is 6.08 Å². The lowest BCUT2D eigenvalue weighted by Gasteiger charge is -2.12. The van der Waals surface area contributed by atoms with Crippen molar-refractivity contribution >= 4 is 41.0 Å². The third-order valence-electron chi connectivity index (χ3n) is 3.50. The van der Waals surface area contributed by atoms with Gasteiger partial charge in [0.1, 0.15) is 0 Å². The van der Waals surface area contributed by atoms with Crippen LogP contribution in [0.1, 0.15) is 29.8 Å². The summed E-state index contributed by atoms with van der Waals surface area (Å²) < 4.78 is 5.07. The van der Waals surface area contributed by atoms with Gasteiger partial charge in [-0.05, 0) is 61.9 Å². The van der Waals surface area contributed by atoms with E-state index in [9.17, 15) is 14.4 Å². The Morgan fingerprint density at radius 1 is 1.04 bits per heavy atom. The maximum absolute atomic E-state index is 12.1. The van der Waals surface area contributed by atoms with E-state index in [1.807, 2.05) is 0 Å². The SMILES string of the molecule is CC(=O)c1ccc(NC(=O)[C@H](C)OC(=O)/C=C/c2ccc(Cl)cc2)cc1. The number of hydrogen-bond donors (Lipinski definition) is 1. The number of ether oxygens (including phenoxy) is 1. The number of esters is 1. The molecule has 0 aliphatic carbocycles. The minimum atomic E-state index is -0.968. The molecule has 0 aliphatic rings. The molecule has 0 aromatic heterocycles. The van der Waals surface area contributed by atoms with E-state index in [1.165, 1.54) is 19.9 Å². The van der Waals surface area contributed by atoms with Gasteiger partial charge in [-0.25, -0.2) is 4.79 Å². The molecule has 1 atom stereocenters. The summed E-state index contributed by atoms with van der Waals surface area (Å²) in [7, 11) is 0. The second kappa shape index (κ2) is 8.97. The Bertz CT molecular complexity index is 826. The van der Waals surface area contributed by atoms with Crippen molar-refractivity contribution in [1.82, 2.24) is 0 Å². The summed E-state index contributed by atoms with van der Waals surface area (Å²) in [6, 6.07) is 13.4. The fraction of sp³-hybridized carbons (Fsp3) is 0.150. The lowest BCUT2D eigenvalue weighted by atomic mass is 10.1.